The van der Waals surface area contributed by atoms with Crippen LogP contribution in [0.4, 0.5) is 0 Å². The monoisotopic (exact) mass is 358 g/mol. The Kier molecular flexibility index (Phi) is 4.12. The van der Waals surface area contributed by atoms with Crippen molar-refractivity contribution in [1.29, 1.82) is 0 Å². The minimum atomic E-state index is -0.356. The van der Waals surface area contributed by atoms with Crippen LogP contribution in [0.2, 0.25) is 0 Å². The molecule has 0 bridgehead atoms. The van der Waals surface area contributed by atoms with Crippen molar-refractivity contribution >= 4 is 16.9 Å². The molecule has 0 unspecified atom stereocenters. The number of benzene rings is 2. The zero-order chi connectivity index (χ0) is 19.0. The third-order valence-corrected chi connectivity index (χ3v) is 4.73. The van der Waals surface area contributed by atoms with Crippen LogP contribution in [0.25, 0.3) is 33.3 Å². The molecule has 0 spiro atoms. The van der Waals surface area contributed by atoms with Crippen LogP contribution < -0.4 is 4.73 Å². The largest absolute Gasteiger partial charge is 0.618 e. The number of rotatable bonds is 3. The molecule has 0 aliphatic carbocycles. The van der Waals surface area contributed by atoms with Crippen LogP contribution in [0.3, 0.4) is 0 Å². The van der Waals surface area contributed by atoms with E-state index in [9.17, 15) is 10.0 Å². The summed E-state index contributed by atoms with van der Waals surface area (Å²) in [6, 6.07) is 18.7. The van der Waals surface area contributed by atoms with Gasteiger partial charge in [-0.2, -0.15) is 4.73 Å². The molecule has 0 amide bonds. The van der Waals surface area contributed by atoms with Crippen LogP contribution in [0.1, 0.15) is 10.4 Å². The predicted molar refractivity (Wildman–Crippen MR) is 104 cm³/mol. The molecule has 0 N–H and O–H groups in total. The summed E-state index contributed by atoms with van der Waals surface area (Å²) in [5, 5.41) is 13.2. The number of nitrogens with zero attached hydrogens (tertiary/aromatic N) is 2. The van der Waals surface area contributed by atoms with Crippen molar-refractivity contribution < 1.29 is 14.3 Å². The first kappa shape index (κ1) is 16.8. The number of fused-ring (bicyclic) bond motifs is 1. The number of methoxy groups -OCH3 is 1. The SMILES string of the molecule is COC(=O)c1ccc(-c2cn(C)c3ccc(-c4cccc[n+]4[O-])cc23)cc1. The molecule has 0 saturated heterocycles. The number of ether oxygens (including phenoxy) is 1. The Labute approximate surface area is 156 Å². The van der Waals surface area contributed by atoms with E-state index in [-0.39, 0.29) is 5.97 Å². The fraction of sp³-hybridized carbons (Fsp3) is 0.0909. The average Bonchev–Trinajstić information content (AvgIpc) is 3.04. The average molecular weight is 358 g/mol. The van der Waals surface area contributed by atoms with Crippen molar-refractivity contribution in [3.63, 3.8) is 0 Å². The maximum atomic E-state index is 12.1. The highest BCUT2D eigenvalue weighted by atomic mass is 16.5. The third-order valence-electron chi connectivity index (χ3n) is 4.73. The van der Waals surface area contributed by atoms with Crippen molar-refractivity contribution in [3.8, 4) is 22.4 Å². The van der Waals surface area contributed by atoms with Gasteiger partial charge < -0.3 is 14.5 Å². The van der Waals surface area contributed by atoms with E-state index < -0.39 is 0 Å². The van der Waals surface area contributed by atoms with Gasteiger partial charge in [0.25, 0.3) is 0 Å². The Hall–Kier alpha value is -3.60. The van der Waals surface area contributed by atoms with Crippen molar-refractivity contribution in [2.24, 2.45) is 7.05 Å². The number of carbonyl (C=O) groups excluding carboxylic acids is 1. The highest BCUT2D eigenvalue weighted by Gasteiger charge is 2.14. The van der Waals surface area contributed by atoms with E-state index in [2.05, 4.69) is 10.8 Å². The van der Waals surface area contributed by atoms with Crippen LogP contribution in [0, 0.1) is 5.21 Å². The number of carbonyl (C=O) groups is 1. The predicted octanol–water partition coefficient (Wildman–Crippen LogP) is 3.93. The Balaban J connectivity index is 1.85. The lowest BCUT2D eigenvalue weighted by Crippen LogP contribution is -2.27. The topological polar surface area (TPSA) is 58.2 Å². The lowest BCUT2D eigenvalue weighted by molar-refractivity contribution is -0.593. The lowest BCUT2D eigenvalue weighted by Gasteiger charge is -2.06. The second-order valence-electron chi connectivity index (χ2n) is 6.37. The summed E-state index contributed by atoms with van der Waals surface area (Å²) in [7, 11) is 3.36. The summed E-state index contributed by atoms with van der Waals surface area (Å²) >= 11 is 0. The van der Waals surface area contributed by atoms with Gasteiger partial charge in [-0.25, -0.2) is 4.79 Å². The van der Waals surface area contributed by atoms with Gasteiger partial charge in [0.1, 0.15) is 0 Å². The van der Waals surface area contributed by atoms with E-state index in [0.717, 1.165) is 32.3 Å². The molecule has 0 aliphatic rings. The first-order valence-electron chi connectivity index (χ1n) is 8.55. The quantitative estimate of drug-likeness (QED) is 0.317. The second-order valence-corrected chi connectivity index (χ2v) is 6.37. The molecule has 0 radical (unpaired) electrons. The molecule has 0 fully saturated rings. The number of hydrogen-bond donors (Lipinski definition) is 0. The van der Waals surface area contributed by atoms with E-state index in [1.807, 2.05) is 49.5 Å². The Morgan fingerprint density at radius 2 is 1.78 bits per heavy atom. The van der Waals surface area contributed by atoms with Crippen LogP contribution in [0.5, 0.6) is 0 Å². The third kappa shape index (κ3) is 2.93. The fourth-order valence-corrected chi connectivity index (χ4v) is 3.34. The molecule has 4 rings (SSSR count). The molecule has 5 nitrogen and oxygen atoms in total. The van der Waals surface area contributed by atoms with Gasteiger partial charge in [0.2, 0.25) is 5.69 Å². The molecule has 2 aromatic heterocycles. The molecule has 2 heterocycles. The van der Waals surface area contributed by atoms with Crippen LogP contribution in [0.15, 0.2) is 73.1 Å². The Bertz CT molecular complexity index is 1140. The highest BCUT2D eigenvalue weighted by molar-refractivity contribution is 5.99. The van der Waals surface area contributed by atoms with Gasteiger partial charge in [0, 0.05) is 47.4 Å². The smallest absolute Gasteiger partial charge is 0.337 e. The fourth-order valence-electron chi connectivity index (χ4n) is 3.34. The molecule has 2 aromatic carbocycles. The van der Waals surface area contributed by atoms with Crippen LogP contribution >= 0.6 is 0 Å². The maximum absolute atomic E-state index is 12.1. The molecule has 5 heteroatoms. The first-order valence-corrected chi connectivity index (χ1v) is 8.55. The maximum Gasteiger partial charge on any atom is 0.337 e. The minimum Gasteiger partial charge on any atom is -0.618 e. The second kappa shape index (κ2) is 6.61. The number of pyridine rings is 1. The van der Waals surface area contributed by atoms with Gasteiger partial charge in [-0.1, -0.05) is 12.1 Å². The van der Waals surface area contributed by atoms with Crippen molar-refractivity contribution in [2.75, 3.05) is 7.11 Å². The van der Waals surface area contributed by atoms with E-state index in [0.29, 0.717) is 11.3 Å². The molecule has 27 heavy (non-hydrogen) atoms. The summed E-state index contributed by atoms with van der Waals surface area (Å²) in [6.45, 7) is 0. The summed E-state index contributed by atoms with van der Waals surface area (Å²) in [5.41, 5.74) is 5.08. The van der Waals surface area contributed by atoms with Crippen molar-refractivity contribution in [3.05, 3.63) is 83.8 Å². The number of hydrogen-bond acceptors (Lipinski definition) is 3. The molecule has 134 valence electrons. The van der Waals surface area contributed by atoms with E-state index in [1.165, 1.54) is 13.3 Å². The van der Waals surface area contributed by atoms with Crippen molar-refractivity contribution in [1.82, 2.24) is 4.57 Å². The Morgan fingerprint density at radius 1 is 1.04 bits per heavy atom. The molecular formula is C22H18N2O3. The Morgan fingerprint density at radius 3 is 2.48 bits per heavy atom. The normalized spacial score (nSPS) is 10.9. The van der Waals surface area contributed by atoms with Gasteiger partial charge in [-0.3, -0.25) is 0 Å². The number of aromatic nitrogens is 2. The molecule has 0 saturated carbocycles. The van der Waals surface area contributed by atoms with Gasteiger partial charge in [-0.05, 0) is 42.0 Å². The molecular weight excluding hydrogens is 340 g/mol. The first-order chi connectivity index (χ1) is 13.1. The van der Waals surface area contributed by atoms with Gasteiger partial charge in [0.15, 0.2) is 6.20 Å². The zero-order valence-corrected chi connectivity index (χ0v) is 15.0. The van der Waals surface area contributed by atoms with E-state index >= 15 is 0 Å². The summed E-state index contributed by atoms with van der Waals surface area (Å²) < 4.78 is 7.68. The van der Waals surface area contributed by atoms with Crippen LogP contribution in [-0.2, 0) is 11.8 Å². The summed E-state index contributed by atoms with van der Waals surface area (Å²) in [4.78, 5) is 11.7. The zero-order valence-electron chi connectivity index (χ0n) is 15.0. The van der Waals surface area contributed by atoms with E-state index in [1.54, 1.807) is 18.2 Å². The highest BCUT2D eigenvalue weighted by Crippen LogP contribution is 2.33. The van der Waals surface area contributed by atoms with Gasteiger partial charge in [0.05, 0.1) is 12.7 Å². The van der Waals surface area contributed by atoms with E-state index in [4.69, 9.17) is 4.74 Å². The lowest BCUT2D eigenvalue weighted by atomic mass is 10.0. The minimum absolute atomic E-state index is 0.356. The standard InChI is InChI=1S/C22H18N2O3/c1-23-14-19(15-6-8-16(9-7-15)22(25)27-2)18-13-17(10-11-21(18)23)20-5-3-4-12-24(20)26/h3-14H,1-2H3. The molecule has 0 atom stereocenters. The van der Waals surface area contributed by atoms with Crippen LogP contribution in [-0.4, -0.2) is 17.6 Å². The van der Waals surface area contributed by atoms with Crippen molar-refractivity contribution in [2.45, 2.75) is 0 Å². The summed E-state index contributed by atoms with van der Waals surface area (Å²) in [6.07, 6.45) is 3.55. The molecule has 0 aliphatic heterocycles. The van der Waals surface area contributed by atoms with Gasteiger partial charge in [-0.15, -0.1) is 0 Å². The number of aryl methyl sites for hydroxylation is 1. The number of esters is 1. The molecule has 4 aromatic rings. The van der Waals surface area contributed by atoms with Gasteiger partial charge >= 0.3 is 5.97 Å². The summed E-state index contributed by atoms with van der Waals surface area (Å²) in [5.74, 6) is -0.356.